The molecule has 5 heteroatoms. The van der Waals surface area contributed by atoms with Crippen molar-refractivity contribution >= 4 is 11.9 Å². The molecule has 0 fully saturated rings. The highest BCUT2D eigenvalue weighted by Crippen LogP contribution is 2.12. The quantitative estimate of drug-likeness (QED) is 0.722. The molecule has 1 aromatic carbocycles. The predicted octanol–water partition coefficient (Wildman–Crippen LogP) is 0.428. The Bertz CT molecular complexity index is 403. The van der Waals surface area contributed by atoms with E-state index in [2.05, 4.69) is 4.74 Å². The van der Waals surface area contributed by atoms with Gasteiger partial charge in [0.2, 0.25) is 0 Å². The van der Waals surface area contributed by atoms with E-state index in [0.717, 1.165) is 0 Å². The molecule has 1 rings (SSSR count). The van der Waals surface area contributed by atoms with Crippen molar-refractivity contribution in [3.63, 3.8) is 0 Å². The minimum Gasteiger partial charge on any atom is -0.480 e. The van der Waals surface area contributed by atoms with Gasteiger partial charge in [0, 0.05) is 0 Å². The Morgan fingerprint density at radius 2 is 2.06 bits per heavy atom. The highest BCUT2D eigenvalue weighted by molar-refractivity contribution is 5.91. The number of hydrogen-bond donors (Lipinski definition) is 2. The van der Waals surface area contributed by atoms with Crippen LogP contribution in [0.1, 0.15) is 15.9 Å². The van der Waals surface area contributed by atoms with Crippen molar-refractivity contribution in [2.75, 3.05) is 7.11 Å². The van der Waals surface area contributed by atoms with Crippen molar-refractivity contribution in [3.8, 4) is 0 Å². The molecular weight excluding hydrogens is 210 g/mol. The fraction of sp³-hybridized carbons (Fsp3) is 0.273. The summed E-state index contributed by atoms with van der Waals surface area (Å²) in [7, 11) is 1.27. The van der Waals surface area contributed by atoms with E-state index in [1.807, 2.05) is 0 Å². The van der Waals surface area contributed by atoms with Crippen LogP contribution in [0.25, 0.3) is 0 Å². The van der Waals surface area contributed by atoms with Crippen molar-refractivity contribution in [2.24, 2.45) is 5.73 Å². The SMILES string of the molecule is COC(=O)c1ccccc1C[C@H](N)C(=O)O. The van der Waals surface area contributed by atoms with Gasteiger partial charge in [-0.3, -0.25) is 4.79 Å². The van der Waals surface area contributed by atoms with Crippen molar-refractivity contribution in [1.82, 2.24) is 0 Å². The van der Waals surface area contributed by atoms with Gasteiger partial charge in [0.1, 0.15) is 6.04 Å². The summed E-state index contributed by atoms with van der Waals surface area (Å²) in [5.41, 5.74) is 6.33. The van der Waals surface area contributed by atoms with Crippen LogP contribution in [0.5, 0.6) is 0 Å². The number of methoxy groups -OCH3 is 1. The van der Waals surface area contributed by atoms with Gasteiger partial charge in [0.15, 0.2) is 0 Å². The van der Waals surface area contributed by atoms with Crippen LogP contribution in [-0.4, -0.2) is 30.2 Å². The number of aliphatic carboxylic acids is 1. The molecule has 0 aliphatic rings. The maximum atomic E-state index is 11.4. The largest absolute Gasteiger partial charge is 0.480 e. The average Bonchev–Trinajstić information content (AvgIpc) is 2.28. The lowest BCUT2D eigenvalue weighted by Crippen LogP contribution is -2.32. The average molecular weight is 223 g/mol. The highest BCUT2D eigenvalue weighted by atomic mass is 16.5. The Labute approximate surface area is 92.8 Å². The molecule has 16 heavy (non-hydrogen) atoms. The number of nitrogens with two attached hydrogens (primary N) is 1. The number of carbonyl (C=O) groups is 2. The maximum Gasteiger partial charge on any atom is 0.338 e. The zero-order valence-corrected chi connectivity index (χ0v) is 8.84. The molecule has 0 bridgehead atoms. The van der Waals surface area contributed by atoms with Crippen LogP contribution in [-0.2, 0) is 16.0 Å². The Hall–Kier alpha value is -1.88. The normalized spacial score (nSPS) is 11.9. The standard InChI is InChI=1S/C11H13NO4/c1-16-11(15)8-5-3-2-4-7(8)6-9(12)10(13)14/h2-5,9H,6,12H2,1H3,(H,13,14)/t9-/m0/s1. The molecule has 0 amide bonds. The van der Waals surface area contributed by atoms with Crippen LogP contribution < -0.4 is 5.73 Å². The molecule has 0 spiro atoms. The number of benzene rings is 1. The molecule has 0 heterocycles. The number of carbonyl (C=O) groups excluding carboxylic acids is 1. The molecule has 0 aliphatic heterocycles. The van der Waals surface area contributed by atoms with Gasteiger partial charge in [-0.1, -0.05) is 18.2 Å². The lowest BCUT2D eigenvalue weighted by atomic mass is 10.0. The van der Waals surface area contributed by atoms with Crippen LogP contribution in [0.15, 0.2) is 24.3 Å². The molecule has 0 saturated heterocycles. The van der Waals surface area contributed by atoms with Crippen molar-refractivity contribution in [2.45, 2.75) is 12.5 Å². The third-order valence-electron chi connectivity index (χ3n) is 2.18. The molecule has 1 atom stereocenters. The number of esters is 1. The molecule has 3 N–H and O–H groups in total. The van der Waals surface area contributed by atoms with Gasteiger partial charge in [-0.25, -0.2) is 4.79 Å². The van der Waals surface area contributed by atoms with Gasteiger partial charge in [0.05, 0.1) is 12.7 Å². The first-order chi connectivity index (χ1) is 7.56. The number of carboxylic acids is 1. The number of ether oxygens (including phenoxy) is 1. The van der Waals surface area contributed by atoms with Gasteiger partial charge >= 0.3 is 11.9 Å². The van der Waals surface area contributed by atoms with E-state index in [9.17, 15) is 9.59 Å². The number of rotatable bonds is 4. The van der Waals surface area contributed by atoms with Gasteiger partial charge in [-0.05, 0) is 18.1 Å². The second kappa shape index (κ2) is 5.27. The summed E-state index contributed by atoms with van der Waals surface area (Å²) in [6.45, 7) is 0. The topological polar surface area (TPSA) is 89.6 Å². The van der Waals surface area contributed by atoms with E-state index in [4.69, 9.17) is 10.8 Å². The van der Waals surface area contributed by atoms with Crippen molar-refractivity contribution in [1.29, 1.82) is 0 Å². The van der Waals surface area contributed by atoms with Gasteiger partial charge in [0.25, 0.3) is 0 Å². The van der Waals surface area contributed by atoms with E-state index in [1.54, 1.807) is 24.3 Å². The fourth-order valence-corrected chi connectivity index (χ4v) is 1.33. The summed E-state index contributed by atoms with van der Waals surface area (Å²) in [5, 5.41) is 8.69. The minimum atomic E-state index is -1.10. The summed E-state index contributed by atoms with van der Waals surface area (Å²) in [6.07, 6.45) is 0.0978. The predicted molar refractivity (Wildman–Crippen MR) is 57.1 cm³/mol. The van der Waals surface area contributed by atoms with Crippen LogP contribution in [0.3, 0.4) is 0 Å². The lowest BCUT2D eigenvalue weighted by molar-refractivity contribution is -0.138. The van der Waals surface area contributed by atoms with Gasteiger partial charge in [-0.15, -0.1) is 0 Å². The number of carboxylic acid groups (broad SMARTS) is 1. The highest BCUT2D eigenvalue weighted by Gasteiger charge is 2.17. The van der Waals surface area contributed by atoms with Gasteiger partial charge in [-0.2, -0.15) is 0 Å². The smallest absolute Gasteiger partial charge is 0.338 e. The Kier molecular flexibility index (Phi) is 4.02. The van der Waals surface area contributed by atoms with Crippen LogP contribution in [0, 0.1) is 0 Å². The van der Waals surface area contributed by atoms with Gasteiger partial charge < -0.3 is 15.6 Å². The molecule has 0 aliphatic carbocycles. The molecule has 5 nitrogen and oxygen atoms in total. The zero-order valence-electron chi connectivity index (χ0n) is 8.84. The Morgan fingerprint density at radius 3 is 2.62 bits per heavy atom. The lowest BCUT2D eigenvalue weighted by Gasteiger charge is -2.10. The third-order valence-corrected chi connectivity index (χ3v) is 2.18. The zero-order chi connectivity index (χ0) is 12.1. The van der Waals surface area contributed by atoms with E-state index in [0.29, 0.717) is 11.1 Å². The number of hydrogen-bond acceptors (Lipinski definition) is 4. The summed E-state index contributed by atoms with van der Waals surface area (Å²) in [5.74, 6) is -1.59. The Morgan fingerprint density at radius 1 is 1.44 bits per heavy atom. The first-order valence-electron chi connectivity index (χ1n) is 4.71. The second-order valence-electron chi connectivity index (χ2n) is 3.30. The second-order valence-corrected chi connectivity index (χ2v) is 3.30. The Balaban J connectivity index is 2.95. The summed E-state index contributed by atoms with van der Waals surface area (Å²) < 4.78 is 4.59. The third kappa shape index (κ3) is 2.80. The summed E-state index contributed by atoms with van der Waals surface area (Å²) >= 11 is 0. The first kappa shape index (κ1) is 12.2. The molecule has 86 valence electrons. The van der Waals surface area contributed by atoms with Crippen LogP contribution in [0.2, 0.25) is 0 Å². The minimum absolute atomic E-state index is 0.0978. The molecule has 1 aromatic rings. The fourth-order valence-electron chi connectivity index (χ4n) is 1.33. The molecule has 0 saturated carbocycles. The van der Waals surface area contributed by atoms with Crippen molar-refractivity contribution < 1.29 is 19.4 Å². The van der Waals surface area contributed by atoms with E-state index < -0.39 is 18.0 Å². The molecule has 0 unspecified atom stereocenters. The van der Waals surface area contributed by atoms with E-state index in [-0.39, 0.29) is 6.42 Å². The van der Waals surface area contributed by atoms with Crippen molar-refractivity contribution in [3.05, 3.63) is 35.4 Å². The monoisotopic (exact) mass is 223 g/mol. The molecule has 0 radical (unpaired) electrons. The summed E-state index contributed by atoms with van der Waals surface area (Å²) in [6, 6.07) is 5.62. The van der Waals surface area contributed by atoms with Crippen LogP contribution in [0.4, 0.5) is 0 Å². The summed E-state index contributed by atoms with van der Waals surface area (Å²) in [4.78, 5) is 22.0. The first-order valence-corrected chi connectivity index (χ1v) is 4.71. The molecular formula is C11H13NO4. The van der Waals surface area contributed by atoms with Crippen LogP contribution >= 0.6 is 0 Å². The van der Waals surface area contributed by atoms with E-state index in [1.165, 1.54) is 7.11 Å². The van der Waals surface area contributed by atoms with E-state index >= 15 is 0 Å². The maximum absolute atomic E-state index is 11.4. The molecule has 0 aromatic heterocycles.